The van der Waals surface area contributed by atoms with E-state index < -0.39 is 35.4 Å². The predicted molar refractivity (Wildman–Crippen MR) is 71.6 cm³/mol. The minimum Gasteiger partial charge on any atom is -0.475 e. The molecule has 8 heteroatoms. The van der Waals surface area contributed by atoms with E-state index in [0.717, 1.165) is 12.1 Å². The highest BCUT2D eigenvalue weighted by atomic mass is 19.1. The van der Waals surface area contributed by atoms with Crippen molar-refractivity contribution in [3.8, 4) is 5.75 Å². The van der Waals surface area contributed by atoms with Gasteiger partial charge in [-0.25, -0.2) is 13.6 Å². The second-order valence-corrected chi connectivity index (χ2v) is 4.28. The number of halogens is 2. The molecule has 0 bridgehead atoms. The van der Waals surface area contributed by atoms with Crippen LogP contribution >= 0.6 is 0 Å². The maximum absolute atomic E-state index is 13.8. The number of nitrogens with two attached hydrogens (primary N) is 1. The summed E-state index contributed by atoms with van der Waals surface area (Å²) >= 11 is 0. The molecule has 0 heterocycles. The first-order valence-electron chi connectivity index (χ1n) is 6.30. The number of nitrogens with one attached hydrogen (secondary N) is 2. The van der Waals surface area contributed by atoms with Crippen LogP contribution in [0.5, 0.6) is 5.75 Å². The van der Waals surface area contributed by atoms with E-state index in [2.05, 4.69) is 5.32 Å². The van der Waals surface area contributed by atoms with Gasteiger partial charge in [-0.3, -0.25) is 10.1 Å². The SMILES string of the molecule is CCNCc1cc(F)c(OC(C)C(=O)NC(N)=O)c(F)c1. The average molecular weight is 301 g/mol. The van der Waals surface area contributed by atoms with Gasteiger partial charge in [0.1, 0.15) is 0 Å². The molecular formula is C13H17F2N3O3. The van der Waals surface area contributed by atoms with Gasteiger partial charge < -0.3 is 15.8 Å². The van der Waals surface area contributed by atoms with E-state index >= 15 is 0 Å². The summed E-state index contributed by atoms with van der Waals surface area (Å²) in [6.07, 6.45) is -1.28. The molecule has 0 radical (unpaired) electrons. The van der Waals surface area contributed by atoms with E-state index in [1.165, 1.54) is 6.92 Å². The van der Waals surface area contributed by atoms with Crippen molar-refractivity contribution in [3.05, 3.63) is 29.3 Å². The lowest BCUT2D eigenvalue weighted by molar-refractivity contribution is -0.126. The van der Waals surface area contributed by atoms with E-state index in [-0.39, 0.29) is 0 Å². The van der Waals surface area contributed by atoms with Crippen molar-refractivity contribution in [2.45, 2.75) is 26.5 Å². The number of hydrogen-bond donors (Lipinski definition) is 3. The molecule has 4 N–H and O–H groups in total. The van der Waals surface area contributed by atoms with E-state index in [0.29, 0.717) is 18.7 Å². The molecule has 21 heavy (non-hydrogen) atoms. The van der Waals surface area contributed by atoms with Crippen molar-refractivity contribution >= 4 is 11.9 Å². The van der Waals surface area contributed by atoms with Gasteiger partial charge in [0.25, 0.3) is 5.91 Å². The van der Waals surface area contributed by atoms with Gasteiger partial charge in [0.2, 0.25) is 0 Å². The third kappa shape index (κ3) is 4.99. The summed E-state index contributed by atoms with van der Waals surface area (Å²) in [6, 6.07) is 1.15. The van der Waals surface area contributed by atoms with E-state index in [9.17, 15) is 18.4 Å². The zero-order valence-corrected chi connectivity index (χ0v) is 11.7. The van der Waals surface area contributed by atoms with Crippen LogP contribution in [0, 0.1) is 11.6 Å². The zero-order valence-electron chi connectivity index (χ0n) is 11.7. The van der Waals surface area contributed by atoms with Gasteiger partial charge >= 0.3 is 6.03 Å². The number of imide groups is 1. The standard InChI is InChI=1S/C13H17F2N3O3/c1-3-17-6-8-4-9(14)11(10(15)5-8)21-7(2)12(19)18-13(16)20/h4-5,7,17H,3,6H2,1-2H3,(H3,16,18,19,20). The van der Waals surface area contributed by atoms with Gasteiger partial charge in [-0.05, 0) is 31.2 Å². The van der Waals surface area contributed by atoms with Crippen molar-refractivity contribution in [1.29, 1.82) is 0 Å². The van der Waals surface area contributed by atoms with Crippen LogP contribution in [0.1, 0.15) is 19.4 Å². The van der Waals surface area contributed by atoms with E-state index in [1.54, 1.807) is 5.32 Å². The molecule has 0 aliphatic carbocycles. The van der Waals surface area contributed by atoms with Gasteiger partial charge in [-0.15, -0.1) is 0 Å². The molecule has 1 aromatic rings. The van der Waals surface area contributed by atoms with Gasteiger partial charge in [0, 0.05) is 6.54 Å². The Balaban J connectivity index is 2.84. The minimum atomic E-state index is -1.28. The van der Waals surface area contributed by atoms with Crippen LogP contribution in [0.15, 0.2) is 12.1 Å². The first kappa shape index (κ1) is 16.8. The second-order valence-electron chi connectivity index (χ2n) is 4.28. The third-order valence-electron chi connectivity index (χ3n) is 2.55. The highest BCUT2D eigenvalue weighted by molar-refractivity contribution is 5.95. The number of amides is 3. The van der Waals surface area contributed by atoms with Gasteiger partial charge in [-0.2, -0.15) is 0 Å². The van der Waals surface area contributed by atoms with Gasteiger partial charge in [-0.1, -0.05) is 6.92 Å². The molecule has 1 atom stereocenters. The molecule has 0 fully saturated rings. The molecular weight excluding hydrogens is 284 g/mol. The number of rotatable bonds is 6. The molecule has 0 saturated heterocycles. The first-order chi connectivity index (χ1) is 9.85. The van der Waals surface area contributed by atoms with Crippen molar-refractivity contribution in [1.82, 2.24) is 10.6 Å². The maximum atomic E-state index is 13.8. The third-order valence-corrected chi connectivity index (χ3v) is 2.55. The summed E-state index contributed by atoms with van der Waals surface area (Å²) in [5.74, 6) is -3.43. The fraction of sp³-hybridized carbons (Fsp3) is 0.385. The molecule has 116 valence electrons. The monoisotopic (exact) mass is 301 g/mol. The largest absolute Gasteiger partial charge is 0.475 e. The van der Waals surface area contributed by atoms with Gasteiger partial charge in [0.15, 0.2) is 23.5 Å². The van der Waals surface area contributed by atoms with Crippen LogP contribution < -0.4 is 21.1 Å². The Hall–Kier alpha value is -2.22. The number of carbonyl (C=O) groups is 2. The summed E-state index contributed by atoms with van der Waals surface area (Å²) in [6.45, 7) is 4.07. The molecule has 0 saturated carbocycles. The lowest BCUT2D eigenvalue weighted by Gasteiger charge is -2.15. The number of hydrogen-bond acceptors (Lipinski definition) is 4. The van der Waals surface area contributed by atoms with Crippen molar-refractivity contribution in [2.24, 2.45) is 5.73 Å². The lowest BCUT2D eigenvalue weighted by Crippen LogP contribution is -2.42. The van der Waals surface area contributed by atoms with Crippen LogP contribution in [0.4, 0.5) is 13.6 Å². The van der Waals surface area contributed by atoms with E-state index in [4.69, 9.17) is 10.5 Å². The summed E-state index contributed by atoms with van der Waals surface area (Å²) in [7, 11) is 0. The fourth-order valence-electron chi connectivity index (χ4n) is 1.55. The van der Waals surface area contributed by atoms with Gasteiger partial charge in [0.05, 0.1) is 0 Å². The quantitative estimate of drug-likeness (QED) is 0.732. The van der Waals surface area contributed by atoms with Crippen LogP contribution in [-0.2, 0) is 11.3 Å². The Kier molecular flexibility index (Phi) is 6.04. The Labute approximate surface area is 120 Å². The second kappa shape index (κ2) is 7.53. The lowest BCUT2D eigenvalue weighted by atomic mass is 10.2. The number of ether oxygens (including phenoxy) is 1. The highest BCUT2D eigenvalue weighted by Gasteiger charge is 2.21. The average Bonchev–Trinajstić information content (AvgIpc) is 2.39. The van der Waals surface area contributed by atoms with Crippen molar-refractivity contribution in [2.75, 3.05) is 6.54 Å². The summed E-state index contributed by atoms with van der Waals surface area (Å²) in [5.41, 5.74) is 5.18. The minimum absolute atomic E-state index is 0.308. The highest BCUT2D eigenvalue weighted by Crippen LogP contribution is 2.24. The smallest absolute Gasteiger partial charge is 0.318 e. The van der Waals surface area contributed by atoms with Crippen LogP contribution in [0.2, 0.25) is 0 Å². The first-order valence-corrected chi connectivity index (χ1v) is 6.30. The molecule has 0 spiro atoms. The molecule has 1 unspecified atom stereocenters. The van der Waals surface area contributed by atoms with Crippen LogP contribution in [-0.4, -0.2) is 24.6 Å². The fourth-order valence-corrected chi connectivity index (χ4v) is 1.55. The van der Waals surface area contributed by atoms with Crippen LogP contribution in [0.25, 0.3) is 0 Å². The molecule has 3 amide bonds. The number of primary amides is 1. The Morgan fingerprint density at radius 1 is 1.33 bits per heavy atom. The summed E-state index contributed by atoms with van der Waals surface area (Å²) in [5, 5.41) is 4.69. The Morgan fingerprint density at radius 2 is 1.90 bits per heavy atom. The Bertz CT molecular complexity index is 514. The van der Waals surface area contributed by atoms with E-state index in [1.807, 2.05) is 6.92 Å². The molecule has 0 aromatic heterocycles. The summed E-state index contributed by atoms with van der Waals surface area (Å²) < 4.78 is 32.5. The molecule has 0 aliphatic rings. The molecule has 6 nitrogen and oxygen atoms in total. The number of carbonyl (C=O) groups excluding carboxylic acids is 2. The number of benzene rings is 1. The molecule has 1 rings (SSSR count). The topological polar surface area (TPSA) is 93.4 Å². The normalized spacial score (nSPS) is 11.8. The number of urea groups is 1. The van der Waals surface area contributed by atoms with Crippen LogP contribution in [0.3, 0.4) is 0 Å². The van der Waals surface area contributed by atoms with Crippen molar-refractivity contribution < 1.29 is 23.1 Å². The van der Waals surface area contributed by atoms with Crippen molar-refractivity contribution in [3.63, 3.8) is 0 Å². The molecule has 0 aliphatic heterocycles. The molecule has 1 aromatic carbocycles. The maximum Gasteiger partial charge on any atom is 0.318 e. The summed E-state index contributed by atoms with van der Waals surface area (Å²) in [4.78, 5) is 21.9. The predicted octanol–water partition coefficient (Wildman–Crippen LogP) is 1.04. The Morgan fingerprint density at radius 3 is 2.38 bits per heavy atom. The zero-order chi connectivity index (χ0) is 16.0.